The van der Waals surface area contributed by atoms with Crippen molar-refractivity contribution < 1.29 is 14.3 Å². The Labute approximate surface area is 187 Å². The van der Waals surface area contributed by atoms with E-state index in [0.29, 0.717) is 19.8 Å². The number of imidazole rings is 1. The van der Waals surface area contributed by atoms with E-state index in [1.165, 1.54) is 10.8 Å². The number of aryl methyl sites for hydroxylation is 1. The zero-order chi connectivity index (χ0) is 21.8. The lowest BCUT2D eigenvalue weighted by molar-refractivity contribution is -0.130. The number of hydrogen-bond acceptors (Lipinski definition) is 4. The van der Waals surface area contributed by atoms with Crippen molar-refractivity contribution in [1.82, 2.24) is 14.9 Å². The van der Waals surface area contributed by atoms with E-state index in [-0.39, 0.29) is 12.0 Å². The van der Waals surface area contributed by atoms with Crippen molar-refractivity contribution in [3.05, 3.63) is 72.6 Å². The summed E-state index contributed by atoms with van der Waals surface area (Å²) in [7, 11) is 0. The lowest BCUT2D eigenvalue weighted by Crippen LogP contribution is -2.34. The predicted molar refractivity (Wildman–Crippen MR) is 125 cm³/mol. The maximum Gasteiger partial charge on any atom is 0.249 e. The molecule has 6 nitrogen and oxygen atoms in total. The van der Waals surface area contributed by atoms with Gasteiger partial charge in [0.1, 0.15) is 17.7 Å². The van der Waals surface area contributed by atoms with Crippen LogP contribution in [0, 0.1) is 0 Å². The van der Waals surface area contributed by atoms with E-state index in [1.54, 1.807) is 0 Å². The summed E-state index contributed by atoms with van der Waals surface area (Å²) in [5.41, 5.74) is 2.00. The van der Waals surface area contributed by atoms with Gasteiger partial charge in [-0.2, -0.15) is 0 Å². The van der Waals surface area contributed by atoms with Gasteiger partial charge in [-0.15, -0.1) is 0 Å². The van der Waals surface area contributed by atoms with Gasteiger partial charge < -0.3 is 19.4 Å². The van der Waals surface area contributed by atoms with Gasteiger partial charge in [0.2, 0.25) is 5.91 Å². The molecule has 1 aliphatic rings. The largest absolute Gasteiger partial charge is 0.494 e. The van der Waals surface area contributed by atoms with Crippen molar-refractivity contribution in [3.8, 4) is 5.75 Å². The number of carbonyl (C=O) groups is 1. The lowest BCUT2D eigenvalue weighted by atomic mass is 10.1. The Morgan fingerprint density at radius 2 is 1.94 bits per heavy atom. The number of amides is 1. The van der Waals surface area contributed by atoms with Gasteiger partial charge in [0.05, 0.1) is 24.2 Å². The molecule has 0 saturated carbocycles. The number of para-hydroxylation sites is 2. The minimum absolute atomic E-state index is 0.0549. The summed E-state index contributed by atoms with van der Waals surface area (Å²) in [4.78, 5) is 17.1. The molecular weight excluding hydrogens is 402 g/mol. The zero-order valence-electron chi connectivity index (χ0n) is 18.0. The third kappa shape index (κ3) is 4.46. The van der Waals surface area contributed by atoms with Crippen LogP contribution in [0.15, 0.2) is 66.7 Å². The third-order valence-corrected chi connectivity index (χ3v) is 5.89. The molecular formula is C26H27N3O3. The Morgan fingerprint density at radius 1 is 1.09 bits per heavy atom. The fourth-order valence-electron chi connectivity index (χ4n) is 4.24. The first-order valence-electron chi connectivity index (χ1n) is 11.2. The minimum atomic E-state index is -0.330. The molecule has 5 rings (SSSR count). The number of carbonyl (C=O) groups excluding carboxylic acids is 1. The first-order chi connectivity index (χ1) is 15.8. The second-order valence-corrected chi connectivity index (χ2v) is 8.10. The fraction of sp³-hybridized carbons (Fsp3) is 0.308. The standard InChI is InChI=1S/C26H27N3O3/c30-26(24-11-5-15-32-24)27-18-25-28-22-9-3-4-10-23(22)29(25)14-6-16-31-21-13-12-19-7-1-2-8-20(19)17-21/h1-4,7-10,12-13,17,24H,5-6,11,14-16,18H2,(H,27,30). The molecule has 1 atom stereocenters. The van der Waals surface area contributed by atoms with Gasteiger partial charge >= 0.3 is 0 Å². The van der Waals surface area contributed by atoms with Crippen LogP contribution in [0.1, 0.15) is 25.1 Å². The van der Waals surface area contributed by atoms with Gasteiger partial charge in [-0.3, -0.25) is 4.79 Å². The third-order valence-electron chi connectivity index (χ3n) is 5.89. The summed E-state index contributed by atoms with van der Waals surface area (Å²) in [6.07, 6.45) is 2.23. The molecule has 0 spiro atoms. The van der Waals surface area contributed by atoms with Crippen LogP contribution >= 0.6 is 0 Å². The number of nitrogens with zero attached hydrogens (tertiary/aromatic N) is 2. The Kier molecular flexibility index (Phi) is 6.03. The molecule has 0 radical (unpaired) electrons. The van der Waals surface area contributed by atoms with Crippen LogP contribution in [0.2, 0.25) is 0 Å². The number of aromatic nitrogens is 2. The number of ether oxygens (including phenoxy) is 2. The molecule has 1 unspecified atom stereocenters. The van der Waals surface area contributed by atoms with Crippen LogP contribution in [-0.4, -0.2) is 34.8 Å². The molecule has 32 heavy (non-hydrogen) atoms. The number of rotatable bonds is 8. The van der Waals surface area contributed by atoms with Gasteiger partial charge in [0, 0.05) is 13.2 Å². The predicted octanol–water partition coefficient (Wildman–Crippen LogP) is 4.45. The SMILES string of the molecule is O=C(NCc1nc2ccccc2n1CCCOc1ccc2ccccc2c1)C1CCCO1. The van der Waals surface area contributed by atoms with Crippen molar-refractivity contribution in [2.24, 2.45) is 0 Å². The Morgan fingerprint density at radius 3 is 2.81 bits per heavy atom. The maximum absolute atomic E-state index is 12.4. The van der Waals surface area contributed by atoms with Crippen molar-refractivity contribution in [2.75, 3.05) is 13.2 Å². The summed E-state index contributed by atoms with van der Waals surface area (Å²) >= 11 is 0. The van der Waals surface area contributed by atoms with Crippen LogP contribution in [0.5, 0.6) is 5.75 Å². The molecule has 1 aromatic heterocycles. The van der Waals surface area contributed by atoms with Gasteiger partial charge in [-0.25, -0.2) is 4.98 Å². The van der Waals surface area contributed by atoms with E-state index in [0.717, 1.165) is 48.4 Å². The number of nitrogens with one attached hydrogen (secondary N) is 1. The first-order valence-corrected chi connectivity index (χ1v) is 11.2. The van der Waals surface area contributed by atoms with E-state index in [1.807, 2.05) is 36.4 Å². The average Bonchev–Trinajstić information content (AvgIpc) is 3.49. The van der Waals surface area contributed by atoms with E-state index < -0.39 is 0 Å². The van der Waals surface area contributed by atoms with Crippen LogP contribution in [0.25, 0.3) is 21.8 Å². The summed E-state index contributed by atoms with van der Waals surface area (Å²) < 4.78 is 13.7. The molecule has 1 aliphatic heterocycles. The molecule has 164 valence electrons. The van der Waals surface area contributed by atoms with Crippen LogP contribution in [0.4, 0.5) is 0 Å². The van der Waals surface area contributed by atoms with E-state index in [2.05, 4.69) is 40.2 Å². The molecule has 1 fully saturated rings. The topological polar surface area (TPSA) is 65.4 Å². The normalized spacial score (nSPS) is 15.9. The minimum Gasteiger partial charge on any atom is -0.494 e. The van der Waals surface area contributed by atoms with Gasteiger partial charge in [0.25, 0.3) is 0 Å². The summed E-state index contributed by atoms with van der Waals surface area (Å²) in [6.45, 7) is 2.42. The van der Waals surface area contributed by atoms with Gasteiger partial charge in [-0.05, 0) is 54.3 Å². The summed E-state index contributed by atoms with van der Waals surface area (Å²) in [5.74, 6) is 1.67. The quantitative estimate of drug-likeness (QED) is 0.420. The molecule has 1 saturated heterocycles. The molecule has 6 heteroatoms. The Bertz CT molecular complexity index is 1230. The first kappa shape index (κ1) is 20.5. The monoisotopic (exact) mass is 429 g/mol. The molecule has 1 N–H and O–H groups in total. The molecule has 4 aromatic rings. The number of fused-ring (bicyclic) bond motifs is 2. The van der Waals surface area contributed by atoms with E-state index >= 15 is 0 Å². The summed E-state index contributed by atoms with van der Waals surface area (Å²) in [5, 5.41) is 5.38. The summed E-state index contributed by atoms with van der Waals surface area (Å²) in [6, 6.07) is 22.5. The average molecular weight is 430 g/mol. The second kappa shape index (κ2) is 9.40. The van der Waals surface area contributed by atoms with Crippen molar-refractivity contribution in [2.45, 2.75) is 38.5 Å². The van der Waals surface area contributed by atoms with Gasteiger partial charge in [-0.1, -0.05) is 42.5 Å². The smallest absolute Gasteiger partial charge is 0.249 e. The highest BCUT2D eigenvalue weighted by molar-refractivity contribution is 5.83. The Hall–Kier alpha value is -3.38. The number of hydrogen-bond donors (Lipinski definition) is 1. The highest BCUT2D eigenvalue weighted by Gasteiger charge is 2.23. The van der Waals surface area contributed by atoms with E-state index in [4.69, 9.17) is 14.5 Å². The van der Waals surface area contributed by atoms with Crippen molar-refractivity contribution in [3.63, 3.8) is 0 Å². The van der Waals surface area contributed by atoms with E-state index in [9.17, 15) is 4.79 Å². The van der Waals surface area contributed by atoms with Crippen LogP contribution in [0.3, 0.4) is 0 Å². The lowest BCUT2D eigenvalue weighted by Gasteiger charge is -2.13. The second-order valence-electron chi connectivity index (χ2n) is 8.10. The molecule has 1 amide bonds. The van der Waals surface area contributed by atoms with Crippen LogP contribution in [-0.2, 0) is 22.6 Å². The van der Waals surface area contributed by atoms with Gasteiger partial charge in [0.15, 0.2) is 0 Å². The highest BCUT2D eigenvalue weighted by Crippen LogP contribution is 2.21. The molecule has 2 heterocycles. The van der Waals surface area contributed by atoms with Crippen LogP contribution < -0.4 is 10.1 Å². The molecule has 3 aromatic carbocycles. The zero-order valence-corrected chi connectivity index (χ0v) is 18.0. The highest BCUT2D eigenvalue weighted by atomic mass is 16.5. The Balaban J connectivity index is 1.23. The van der Waals surface area contributed by atoms with Crippen molar-refractivity contribution >= 4 is 27.7 Å². The number of benzene rings is 3. The fourth-order valence-corrected chi connectivity index (χ4v) is 4.24. The molecule has 0 aliphatic carbocycles. The molecule has 0 bridgehead atoms. The van der Waals surface area contributed by atoms with Crippen molar-refractivity contribution in [1.29, 1.82) is 0 Å². The maximum atomic E-state index is 12.4.